The van der Waals surface area contributed by atoms with Crippen molar-refractivity contribution in [3.8, 4) is 0 Å². The molecule has 1 fully saturated rings. The molecule has 1 unspecified atom stereocenters. The second kappa shape index (κ2) is 5.27. The average Bonchev–Trinajstić information content (AvgIpc) is 2.56. The van der Waals surface area contributed by atoms with E-state index < -0.39 is 0 Å². The van der Waals surface area contributed by atoms with Gasteiger partial charge >= 0.3 is 0 Å². The SMILES string of the molecule is CCOCCC(=O)C1CCOC1. The summed E-state index contributed by atoms with van der Waals surface area (Å²) in [4.78, 5) is 11.4. The van der Waals surface area contributed by atoms with E-state index in [4.69, 9.17) is 9.47 Å². The minimum absolute atomic E-state index is 0.144. The summed E-state index contributed by atoms with van der Waals surface area (Å²) in [7, 11) is 0. The van der Waals surface area contributed by atoms with Gasteiger partial charge in [-0.3, -0.25) is 4.79 Å². The number of ketones is 1. The molecule has 3 heteroatoms. The Labute approximate surface area is 73.0 Å². The van der Waals surface area contributed by atoms with Crippen LogP contribution >= 0.6 is 0 Å². The smallest absolute Gasteiger partial charge is 0.140 e. The summed E-state index contributed by atoms with van der Waals surface area (Å²) < 4.78 is 10.2. The van der Waals surface area contributed by atoms with Crippen molar-refractivity contribution in [3.63, 3.8) is 0 Å². The van der Waals surface area contributed by atoms with E-state index >= 15 is 0 Å². The zero-order chi connectivity index (χ0) is 8.81. The van der Waals surface area contributed by atoms with Crippen LogP contribution in [0.1, 0.15) is 19.8 Å². The van der Waals surface area contributed by atoms with Gasteiger partial charge in [0.25, 0.3) is 0 Å². The zero-order valence-electron chi connectivity index (χ0n) is 7.54. The van der Waals surface area contributed by atoms with Crippen LogP contribution in [0.2, 0.25) is 0 Å². The van der Waals surface area contributed by atoms with Crippen LogP contribution in [-0.2, 0) is 14.3 Å². The average molecular weight is 172 g/mol. The van der Waals surface area contributed by atoms with Crippen molar-refractivity contribution in [2.24, 2.45) is 5.92 Å². The summed E-state index contributed by atoms with van der Waals surface area (Å²) in [5.41, 5.74) is 0. The first-order valence-electron chi connectivity index (χ1n) is 4.52. The van der Waals surface area contributed by atoms with E-state index in [1.165, 1.54) is 0 Å². The van der Waals surface area contributed by atoms with Gasteiger partial charge in [0.15, 0.2) is 0 Å². The van der Waals surface area contributed by atoms with Crippen molar-refractivity contribution in [1.82, 2.24) is 0 Å². The van der Waals surface area contributed by atoms with Gasteiger partial charge in [0.1, 0.15) is 5.78 Å². The number of Topliss-reactive ketones (excluding diaryl/α,β-unsaturated/α-hetero) is 1. The molecule has 3 nitrogen and oxygen atoms in total. The first-order valence-corrected chi connectivity index (χ1v) is 4.52. The third-order valence-electron chi connectivity index (χ3n) is 2.08. The monoisotopic (exact) mass is 172 g/mol. The summed E-state index contributed by atoms with van der Waals surface area (Å²) in [6.07, 6.45) is 1.44. The lowest BCUT2D eigenvalue weighted by atomic mass is 10.0. The Bertz CT molecular complexity index is 139. The van der Waals surface area contributed by atoms with E-state index in [2.05, 4.69) is 0 Å². The maximum Gasteiger partial charge on any atom is 0.140 e. The molecule has 1 aliphatic rings. The van der Waals surface area contributed by atoms with E-state index in [1.807, 2.05) is 6.92 Å². The highest BCUT2D eigenvalue weighted by molar-refractivity contribution is 5.81. The van der Waals surface area contributed by atoms with Gasteiger partial charge < -0.3 is 9.47 Å². The fourth-order valence-corrected chi connectivity index (χ4v) is 1.31. The van der Waals surface area contributed by atoms with E-state index in [0.29, 0.717) is 32.0 Å². The van der Waals surface area contributed by atoms with Crippen LogP contribution in [0.15, 0.2) is 0 Å². The second-order valence-electron chi connectivity index (χ2n) is 2.97. The van der Waals surface area contributed by atoms with Crippen LogP contribution in [0.5, 0.6) is 0 Å². The molecule has 0 aromatic rings. The number of hydrogen-bond donors (Lipinski definition) is 0. The Kier molecular flexibility index (Phi) is 4.25. The predicted octanol–water partition coefficient (Wildman–Crippen LogP) is 1.02. The fraction of sp³-hybridized carbons (Fsp3) is 0.889. The van der Waals surface area contributed by atoms with Gasteiger partial charge in [-0.2, -0.15) is 0 Å². The first kappa shape index (κ1) is 9.68. The molecule has 0 amide bonds. The standard InChI is InChI=1S/C9H16O3/c1-2-11-6-4-9(10)8-3-5-12-7-8/h8H,2-7H2,1H3. The lowest BCUT2D eigenvalue weighted by molar-refractivity contribution is -0.123. The molecule has 12 heavy (non-hydrogen) atoms. The van der Waals surface area contributed by atoms with Crippen molar-refractivity contribution < 1.29 is 14.3 Å². The molecule has 0 saturated carbocycles. The number of ether oxygens (including phenoxy) is 2. The van der Waals surface area contributed by atoms with E-state index in [1.54, 1.807) is 0 Å². The van der Waals surface area contributed by atoms with Crippen LogP contribution in [0.25, 0.3) is 0 Å². The van der Waals surface area contributed by atoms with Crippen molar-refractivity contribution in [1.29, 1.82) is 0 Å². The third kappa shape index (κ3) is 2.91. The first-order chi connectivity index (χ1) is 5.84. The summed E-state index contributed by atoms with van der Waals surface area (Å²) in [5.74, 6) is 0.436. The zero-order valence-corrected chi connectivity index (χ0v) is 7.54. The molecule has 0 aliphatic carbocycles. The van der Waals surface area contributed by atoms with Crippen LogP contribution in [-0.4, -0.2) is 32.2 Å². The Morgan fingerprint density at radius 2 is 2.50 bits per heavy atom. The van der Waals surface area contributed by atoms with E-state index in [-0.39, 0.29) is 5.92 Å². The van der Waals surface area contributed by atoms with Crippen molar-refractivity contribution in [3.05, 3.63) is 0 Å². The molecule has 0 N–H and O–H groups in total. The van der Waals surface area contributed by atoms with Crippen LogP contribution in [0.4, 0.5) is 0 Å². The van der Waals surface area contributed by atoms with Gasteiger partial charge in [0.05, 0.1) is 13.2 Å². The third-order valence-corrected chi connectivity index (χ3v) is 2.08. The summed E-state index contributed by atoms with van der Waals surface area (Å²) >= 11 is 0. The summed E-state index contributed by atoms with van der Waals surface area (Å²) in [5, 5.41) is 0. The Morgan fingerprint density at radius 3 is 3.08 bits per heavy atom. The predicted molar refractivity (Wildman–Crippen MR) is 45.0 cm³/mol. The van der Waals surface area contributed by atoms with Gasteiger partial charge in [-0.25, -0.2) is 0 Å². The molecule has 1 rings (SSSR count). The number of rotatable bonds is 5. The van der Waals surface area contributed by atoms with E-state index in [0.717, 1.165) is 13.0 Å². The highest BCUT2D eigenvalue weighted by atomic mass is 16.5. The minimum Gasteiger partial charge on any atom is -0.381 e. The molecular formula is C9H16O3. The van der Waals surface area contributed by atoms with Gasteiger partial charge in [-0.1, -0.05) is 0 Å². The Morgan fingerprint density at radius 1 is 1.67 bits per heavy atom. The molecule has 0 radical (unpaired) electrons. The molecule has 0 spiro atoms. The molecule has 0 bridgehead atoms. The number of hydrogen-bond acceptors (Lipinski definition) is 3. The highest BCUT2D eigenvalue weighted by Crippen LogP contribution is 2.14. The number of carbonyl (C=O) groups excluding carboxylic acids is 1. The Balaban J connectivity index is 2.10. The van der Waals surface area contributed by atoms with E-state index in [9.17, 15) is 4.79 Å². The van der Waals surface area contributed by atoms with Crippen molar-refractivity contribution in [2.45, 2.75) is 19.8 Å². The largest absolute Gasteiger partial charge is 0.381 e. The van der Waals surface area contributed by atoms with Crippen LogP contribution in [0.3, 0.4) is 0 Å². The molecule has 70 valence electrons. The fourth-order valence-electron chi connectivity index (χ4n) is 1.31. The maximum absolute atomic E-state index is 11.4. The molecule has 0 aromatic heterocycles. The second-order valence-corrected chi connectivity index (χ2v) is 2.97. The molecular weight excluding hydrogens is 156 g/mol. The normalized spacial score (nSPS) is 22.9. The lowest BCUT2D eigenvalue weighted by Gasteiger charge is -2.05. The summed E-state index contributed by atoms with van der Waals surface area (Å²) in [6.45, 7) is 4.54. The quantitative estimate of drug-likeness (QED) is 0.581. The van der Waals surface area contributed by atoms with Gasteiger partial charge in [-0.05, 0) is 13.3 Å². The van der Waals surface area contributed by atoms with Crippen LogP contribution < -0.4 is 0 Å². The summed E-state index contributed by atoms with van der Waals surface area (Å²) in [6, 6.07) is 0. The number of carbonyl (C=O) groups is 1. The topological polar surface area (TPSA) is 35.5 Å². The molecule has 1 atom stereocenters. The van der Waals surface area contributed by atoms with Gasteiger partial charge in [0, 0.05) is 25.6 Å². The van der Waals surface area contributed by atoms with Crippen molar-refractivity contribution >= 4 is 5.78 Å². The molecule has 1 heterocycles. The molecule has 1 aliphatic heterocycles. The maximum atomic E-state index is 11.4. The van der Waals surface area contributed by atoms with Gasteiger partial charge in [0.2, 0.25) is 0 Å². The Hall–Kier alpha value is -0.410. The van der Waals surface area contributed by atoms with Gasteiger partial charge in [-0.15, -0.1) is 0 Å². The minimum atomic E-state index is 0.144. The van der Waals surface area contributed by atoms with Crippen LogP contribution in [0, 0.1) is 5.92 Å². The van der Waals surface area contributed by atoms with Crippen molar-refractivity contribution in [2.75, 3.05) is 26.4 Å². The molecule has 1 saturated heterocycles. The molecule has 0 aromatic carbocycles. The lowest BCUT2D eigenvalue weighted by Crippen LogP contribution is -2.16. The highest BCUT2D eigenvalue weighted by Gasteiger charge is 2.22.